The largest absolute Gasteiger partial charge is 0.378 e. The van der Waals surface area contributed by atoms with Crippen LogP contribution < -0.4 is 5.56 Å². The minimum Gasteiger partial charge on any atom is -0.378 e. The standard InChI is InChI=1S/C15H20N2O2S/c1-4-11-9(3)20-15-12(11)14(18)16-13(17-15)10-5-6-19-8(2)7-10/h8,10H,4-7H2,1-3H3,(H,16,17,18)/t8-,10+/m0/s1. The zero-order chi connectivity index (χ0) is 14.3. The first-order valence-corrected chi connectivity index (χ1v) is 8.05. The van der Waals surface area contributed by atoms with E-state index in [0.717, 1.165) is 47.5 Å². The van der Waals surface area contributed by atoms with Gasteiger partial charge >= 0.3 is 0 Å². The number of aromatic nitrogens is 2. The number of aromatic amines is 1. The van der Waals surface area contributed by atoms with Crippen molar-refractivity contribution in [2.75, 3.05) is 6.61 Å². The Bertz CT molecular complexity index is 689. The summed E-state index contributed by atoms with van der Waals surface area (Å²) in [5, 5.41) is 0.791. The highest BCUT2D eigenvalue weighted by atomic mass is 32.1. The van der Waals surface area contributed by atoms with E-state index in [4.69, 9.17) is 9.72 Å². The molecule has 3 rings (SSSR count). The fourth-order valence-corrected chi connectivity index (χ4v) is 4.18. The van der Waals surface area contributed by atoms with Gasteiger partial charge in [-0.25, -0.2) is 4.98 Å². The number of thiophene rings is 1. The Kier molecular flexibility index (Phi) is 3.65. The van der Waals surface area contributed by atoms with Gasteiger partial charge < -0.3 is 9.72 Å². The molecule has 1 N–H and O–H groups in total. The fraction of sp³-hybridized carbons (Fsp3) is 0.600. The van der Waals surface area contributed by atoms with Crippen LogP contribution in [0.25, 0.3) is 10.2 Å². The summed E-state index contributed by atoms with van der Waals surface area (Å²) in [5.41, 5.74) is 1.16. The average Bonchev–Trinajstić information content (AvgIpc) is 2.74. The number of H-pyrrole nitrogens is 1. The van der Waals surface area contributed by atoms with Crippen LogP contribution in [-0.2, 0) is 11.2 Å². The molecule has 0 unspecified atom stereocenters. The van der Waals surface area contributed by atoms with Crippen molar-refractivity contribution in [3.05, 3.63) is 26.6 Å². The fourth-order valence-electron chi connectivity index (χ4n) is 3.06. The molecule has 1 fully saturated rings. The normalized spacial score (nSPS) is 23.4. The van der Waals surface area contributed by atoms with Gasteiger partial charge in [0.25, 0.3) is 5.56 Å². The molecule has 20 heavy (non-hydrogen) atoms. The van der Waals surface area contributed by atoms with Gasteiger partial charge in [0.2, 0.25) is 0 Å². The summed E-state index contributed by atoms with van der Waals surface area (Å²) in [7, 11) is 0. The van der Waals surface area contributed by atoms with Crippen molar-refractivity contribution in [2.45, 2.75) is 52.1 Å². The molecule has 108 valence electrons. The van der Waals surface area contributed by atoms with E-state index in [1.54, 1.807) is 11.3 Å². The summed E-state index contributed by atoms with van der Waals surface area (Å²) in [5.74, 6) is 1.14. The summed E-state index contributed by atoms with van der Waals surface area (Å²) in [6, 6.07) is 0. The Morgan fingerprint density at radius 1 is 1.50 bits per heavy atom. The van der Waals surface area contributed by atoms with Gasteiger partial charge in [0.15, 0.2) is 0 Å². The molecule has 0 radical (unpaired) electrons. The quantitative estimate of drug-likeness (QED) is 0.925. The molecule has 0 aromatic carbocycles. The van der Waals surface area contributed by atoms with E-state index in [0.29, 0.717) is 5.92 Å². The van der Waals surface area contributed by atoms with Crippen LogP contribution in [0.2, 0.25) is 0 Å². The Morgan fingerprint density at radius 2 is 2.30 bits per heavy atom. The van der Waals surface area contributed by atoms with Crippen LogP contribution in [0.3, 0.4) is 0 Å². The Balaban J connectivity index is 2.08. The number of aryl methyl sites for hydroxylation is 2. The van der Waals surface area contributed by atoms with Crippen molar-refractivity contribution in [1.82, 2.24) is 9.97 Å². The summed E-state index contributed by atoms with van der Waals surface area (Å²) in [6.45, 7) is 6.98. The van der Waals surface area contributed by atoms with Crippen molar-refractivity contribution < 1.29 is 4.74 Å². The molecule has 0 spiro atoms. The van der Waals surface area contributed by atoms with Gasteiger partial charge in [-0.1, -0.05) is 6.92 Å². The maximum Gasteiger partial charge on any atom is 0.259 e. The van der Waals surface area contributed by atoms with E-state index in [2.05, 4.69) is 25.8 Å². The molecule has 0 saturated carbocycles. The predicted molar refractivity (Wildman–Crippen MR) is 81.7 cm³/mol. The molecule has 2 aromatic rings. The molecule has 0 aliphatic carbocycles. The molecular weight excluding hydrogens is 272 g/mol. The molecule has 1 aliphatic rings. The van der Waals surface area contributed by atoms with Crippen LogP contribution in [0.15, 0.2) is 4.79 Å². The summed E-state index contributed by atoms with van der Waals surface area (Å²) in [4.78, 5) is 22.2. The zero-order valence-corrected chi connectivity index (χ0v) is 13.0. The molecule has 1 aliphatic heterocycles. The van der Waals surface area contributed by atoms with Gasteiger partial charge in [-0.15, -0.1) is 11.3 Å². The van der Waals surface area contributed by atoms with Crippen LogP contribution in [0.5, 0.6) is 0 Å². The molecule has 2 atom stereocenters. The maximum absolute atomic E-state index is 12.4. The van der Waals surface area contributed by atoms with E-state index in [1.807, 2.05) is 0 Å². The van der Waals surface area contributed by atoms with E-state index >= 15 is 0 Å². The first kappa shape index (κ1) is 13.8. The van der Waals surface area contributed by atoms with Crippen LogP contribution in [0.1, 0.15) is 48.9 Å². The van der Waals surface area contributed by atoms with Gasteiger partial charge in [-0.2, -0.15) is 0 Å². The third-order valence-corrected chi connectivity index (χ3v) is 5.15. The first-order chi connectivity index (χ1) is 9.60. The van der Waals surface area contributed by atoms with E-state index < -0.39 is 0 Å². The van der Waals surface area contributed by atoms with Crippen molar-refractivity contribution >= 4 is 21.6 Å². The molecule has 0 amide bonds. The van der Waals surface area contributed by atoms with Crippen LogP contribution in [-0.4, -0.2) is 22.7 Å². The van der Waals surface area contributed by atoms with Gasteiger partial charge in [0.05, 0.1) is 11.5 Å². The number of hydrogen-bond acceptors (Lipinski definition) is 4. The highest BCUT2D eigenvalue weighted by Crippen LogP contribution is 2.31. The minimum absolute atomic E-state index is 0.0188. The smallest absolute Gasteiger partial charge is 0.259 e. The SMILES string of the molecule is CCc1c(C)sc2nc([C@@H]3CCO[C@@H](C)C3)[nH]c(=O)c12. The minimum atomic E-state index is 0.0188. The highest BCUT2D eigenvalue weighted by Gasteiger charge is 2.24. The molecule has 5 heteroatoms. The molecule has 3 heterocycles. The maximum atomic E-state index is 12.4. The lowest BCUT2D eigenvalue weighted by Gasteiger charge is -2.26. The Labute approximate surface area is 122 Å². The van der Waals surface area contributed by atoms with Crippen LogP contribution in [0.4, 0.5) is 0 Å². The van der Waals surface area contributed by atoms with Crippen LogP contribution in [0, 0.1) is 6.92 Å². The molecule has 1 saturated heterocycles. The number of nitrogens with one attached hydrogen (secondary N) is 1. The lowest BCUT2D eigenvalue weighted by atomic mass is 9.95. The molecule has 0 bridgehead atoms. The highest BCUT2D eigenvalue weighted by molar-refractivity contribution is 7.18. The van der Waals surface area contributed by atoms with Gasteiger partial charge in [-0.3, -0.25) is 4.79 Å². The second-order valence-corrected chi connectivity index (χ2v) is 6.73. The zero-order valence-electron chi connectivity index (χ0n) is 12.2. The molecular formula is C15H20N2O2S. The molecule has 4 nitrogen and oxygen atoms in total. The third kappa shape index (κ3) is 2.29. The number of fused-ring (bicyclic) bond motifs is 1. The van der Waals surface area contributed by atoms with Crippen LogP contribution >= 0.6 is 11.3 Å². The third-order valence-electron chi connectivity index (χ3n) is 4.11. The second kappa shape index (κ2) is 5.30. The Hall–Kier alpha value is -1.20. The monoisotopic (exact) mass is 292 g/mol. The van der Waals surface area contributed by atoms with Crippen molar-refractivity contribution in [3.8, 4) is 0 Å². The average molecular weight is 292 g/mol. The second-order valence-electron chi connectivity index (χ2n) is 5.52. The topological polar surface area (TPSA) is 55.0 Å². The van der Waals surface area contributed by atoms with E-state index in [9.17, 15) is 4.79 Å². The lowest BCUT2D eigenvalue weighted by molar-refractivity contribution is 0.0173. The first-order valence-electron chi connectivity index (χ1n) is 7.24. The number of nitrogens with zero attached hydrogens (tertiary/aromatic N) is 1. The number of ether oxygens (including phenoxy) is 1. The van der Waals surface area contributed by atoms with Gasteiger partial charge in [-0.05, 0) is 38.7 Å². The molecule has 2 aromatic heterocycles. The van der Waals surface area contributed by atoms with Crippen molar-refractivity contribution in [2.24, 2.45) is 0 Å². The predicted octanol–water partition coefficient (Wildman–Crippen LogP) is 3.14. The summed E-state index contributed by atoms with van der Waals surface area (Å²) >= 11 is 1.63. The lowest BCUT2D eigenvalue weighted by Crippen LogP contribution is -2.25. The summed E-state index contributed by atoms with van der Waals surface area (Å²) < 4.78 is 5.57. The van der Waals surface area contributed by atoms with E-state index in [-0.39, 0.29) is 11.7 Å². The van der Waals surface area contributed by atoms with Crippen molar-refractivity contribution in [3.63, 3.8) is 0 Å². The summed E-state index contributed by atoms with van der Waals surface area (Å²) in [6.07, 6.45) is 2.99. The Morgan fingerprint density at radius 3 is 3.00 bits per heavy atom. The number of hydrogen-bond donors (Lipinski definition) is 1. The van der Waals surface area contributed by atoms with Crippen molar-refractivity contribution in [1.29, 1.82) is 0 Å². The van der Waals surface area contributed by atoms with Gasteiger partial charge in [0.1, 0.15) is 10.7 Å². The van der Waals surface area contributed by atoms with Gasteiger partial charge in [0, 0.05) is 17.4 Å². The number of rotatable bonds is 2. The van der Waals surface area contributed by atoms with E-state index in [1.165, 1.54) is 4.88 Å².